The summed E-state index contributed by atoms with van der Waals surface area (Å²) in [5.74, 6) is -1.08. The molecular weight excluding hydrogens is 467 g/mol. The molecule has 3 rings (SSSR count). The van der Waals surface area contributed by atoms with Crippen LogP contribution in [0.15, 0.2) is 54.6 Å². The summed E-state index contributed by atoms with van der Waals surface area (Å²) in [6.45, 7) is 4.11. The Hall–Kier alpha value is -3.07. The Morgan fingerprint density at radius 2 is 1.85 bits per heavy atom. The molecule has 1 N–H and O–H groups in total. The van der Waals surface area contributed by atoms with Crippen LogP contribution < -0.4 is 0 Å². The molecule has 1 aromatic heterocycles. The summed E-state index contributed by atoms with van der Waals surface area (Å²) in [7, 11) is -3.97. The second-order valence-corrected chi connectivity index (χ2v) is 10.3. The second-order valence-electron chi connectivity index (χ2n) is 8.42. The van der Waals surface area contributed by atoms with Gasteiger partial charge in [-0.25, -0.2) is 12.4 Å². The van der Waals surface area contributed by atoms with Gasteiger partial charge in [-0.2, -0.15) is 13.2 Å². The predicted molar refractivity (Wildman–Crippen MR) is 126 cm³/mol. The van der Waals surface area contributed by atoms with E-state index in [1.807, 2.05) is 24.3 Å². The van der Waals surface area contributed by atoms with Crippen molar-refractivity contribution in [1.29, 1.82) is 0 Å². The molecule has 0 saturated carbocycles. The Morgan fingerprint density at radius 1 is 1.12 bits per heavy atom. The predicted octanol–water partition coefficient (Wildman–Crippen LogP) is 6.08. The third-order valence-electron chi connectivity index (χ3n) is 5.45. The summed E-state index contributed by atoms with van der Waals surface area (Å²) in [5.41, 5.74) is 1.47. The Labute approximate surface area is 196 Å². The van der Waals surface area contributed by atoms with Crippen molar-refractivity contribution in [2.45, 2.75) is 45.2 Å². The van der Waals surface area contributed by atoms with Crippen LogP contribution in [0.3, 0.4) is 0 Å². The van der Waals surface area contributed by atoms with Crippen LogP contribution in [-0.2, 0) is 27.4 Å². The number of alkyl halides is 3. The van der Waals surface area contributed by atoms with Gasteiger partial charge in [-0.3, -0.25) is 4.79 Å². The van der Waals surface area contributed by atoms with Crippen LogP contribution in [0.25, 0.3) is 17.0 Å². The van der Waals surface area contributed by atoms with Crippen molar-refractivity contribution in [2.75, 3.05) is 5.75 Å². The quantitative estimate of drug-likeness (QED) is 0.392. The van der Waals surface area contributed by atoms with Gasteiger partial charge in [0.15, 0.2) is 0 Å². The minimum Gasteiger partial charge on any atom is -0.481 e. The summed E-state index contributed by atoms with van der Waals surface area (Å²) >= 11 is 0. The molecule has 0 aliphatic heterocycles. The smallest absolute Gasteiger partial charge is 0.416 e. The lowest BCUT2D eigenvalue weighted by Crippen LogP contribution is -2.18. The first kappa shape index (κ1) is 25.6. The lowest BCUT2D eigenvalue weighted by atomic mass is 10.0. The van der Waals surface area contributed by atoms with Crippen LogP contribution in [0, 0.1) is 0 Å². The highest BCUT2D eigenvalue weighted by atomic mass is 32.2. The molecule has 0 aliphatic carbocycles. The Morgan fingerprint density at radius 3 is 2.50 bits per heavy atom. The second kappa shape index (κ2) is 10.0. The fraction of sp³-hybridized carbons (Fsp3) is 0.320. The number of carboxylic acids is 1. The number of aromatic nitrogens is 1. The number of aryl methyl sites for hydroxylation is 1. The molecule has 0 spiro atoms. The molecule has 0 bridgehead atoms. The van der Waals surface area contributed by atoms with E-state index in [0.29, 0.717) is 5.92 Å². The standard InChI is InChI=1S/C25H26F3NO4S/c1-17(2)19-8-3-6-18(14-19)7-5-13-34(32,33)29-22(9-4-10-24(30)31)16-20-15-21(25(26,27)28)11-12-23(20)29/h3,5-8,11-12,14-17H,4,9-10,13H2,1-2H3,(H,30,31). The normalized spacial score (nSPS) is 12.8. The number of aliphatic carboxylic acids is 1. The zero-order valence-electron chi connectivity index (χ0n) is 18.8. The van der Waals surface area contributed by atoms with Gasteiger partial charge in [0.05, 0.1) is 16.8 Å². The van der Waals surface area contributed by atoms with Crippen LogP contribution in [0.2, 0.25) is 0 Å². The molecule has 0 aliphatic rings. The molecular formula is C25H26F3NO4S. The average molecular weight is 494 g/mol. The first-order valence-corrected chi connectivity index (χ1v) is 12.4. The summed E-state index contributed by atoms with van der Waals surface area (Å²) < 4.78 is 67.0. The van der Waals surface area contributed by atoms with Crippen molar-refractivity contribution in [1.82, 2.24) is 3.97 Å². The molecule has 0 amide bonds. The van der Waals surface area contributed by atoms with Crippen molar-refractivity contribution in [2.24, 2.45) is 0 Å². The Balaban J connectivity index is 1.97. The van der Waals surface area contributed by atoms with Gasteiger partial charge in [-0.05, 0) is 54.2 Å². The van der Waals surface area contributed by atoms with Crippen molar-refractivity contribution in [3.63, 3.8) is 0 Å². The number of hydrogen-bond acceptors (Lipinski definition) is 3. The number of rotatable bonds is 9. The highest BCUT2D eigenvalue weighted by Crippen LogP contribution is 2.33. The van der Waals surface area contributed by atoms with Crippen LogP contribution in [0.5, 0.6) is 0 Å². The molecule has 0 fully saturated rings. The van der Waals surface area contributed by atoms with Crippen LogP contribution >= 0.6 is 0 Å². The molecule has 0 atom stereocenters. The molecule has 0 saturated heterocycles. The molecule has 2 aromatic carbocycles. The maximum Gasteiger partial charge on any atom is 0.416 e. The maximum atomic E-state index is 13.2. The Bertz CT molecular complexity index is 1320. The van der Waals surface area contributed by atoms with Gasteiger partial charge in [0, 0.05) is 17.5 Å². The number of halogens is 3. The minimum absolute atomic E-state index is 0.0989. The lowest BCUT2D eigenvalue weighted by Gasteiger charge is -2.11. The van der Waals surface area contributed by atoms with Crippen molar-refractivity contribution >= 4 is 33.0 Å². The first-order chi connectivity index (χ1) is 15.9. The maximum absolute atomic E-state index is 13.2. The zero-order chi connectivity index (χ0) is 25.1. The number of carbonyl (C=O) groups is 1. The van der Waals surface area contributed by atoms with Crippen LogP contribution in [0.1, 0.15) is 55.0 Å². The fourth-order valence-electron chi connectivity index (χ4n) is 3.75. The number of hydrogen-bond donors (Lipinski definition) is 1. The van der Waals surface area contributed by atoms with Crippen LogP contribution in [-0.4, -0.2) is 29.2 Å². The largest absolute Gasteiger partial charge is 0.481 e. The summed E-state index contributed by atoms with van der Waals surface area (Å²) in [6.07, 6.45) is -1.28. The lowest BCUT2D eigenvalue weighted by molar-refractivity contribution is -0.138. The molecule has 5 nitrogen and oxygen atoms in total. The summed E-state index contributed by atoms with van der Waals surface area (Å²) in [4.78, 5) is 10.9. The summed E-state index contributed by atoms with van der Waals surface area (Å²) in [5, 5.41) is 9.04. The van der Waals surface area contributed by atoms with E-state index in [1.54, 1.807) is 6.08 Å². The van der Waals surface area contributed by atoms with E-state index in [2.05, 4.69) is 13.8 Å². The van der Waals surface area contributed by atoms with E-state index < -0.39 is 27.7 Å². The van der Waals surface area contributed by atoms with E-state index in [4.69, 9.17) is 5.11 Å². The number of nitrogens with zero attached hydrogens (tertiary/aromatic N) is 1. The van der Waals surface area contributed by atoms with Gasteiger partial charge in [-0.1, -0.05) is 50.3 Å². The van der Waals surface area contributed by atoms with E-state index in [-0.39, 0.29) is 41.6 Å². The van der Waals surface area contributed by atoms with Crippen LogP contribution in [0.4, 0.5) is 13.2 Å². The van der Waals surface area contributed by atoms with Gasteiger partial charge in [0.1, 0.15) is 0 Å². The van der Waals surface area contributed by atoms with Gasteiger partial charge in [-0.15, -0.1) is 0 Å². The molecule has 1 heterocycles. The third kappa shape index (κ3) is 6.08. The number of carboxylic acid groups (broad SMARTS) is 1. The van der Waals surface area contributed by atoms with Gasteiger partial charge >= 0.3 is 12.1 Å². The van der Waals surface area contributed by atoms with E-state index in [0.717, 1.165) is 33.3 Å². The van der Waals surface area contributed by atoms with Crippen molar-refractivity contribution < 1.29 is 31.5 Å². The molecule has 182 valence electrons. The Kier molecular flexibility index (Phi) is 7.55. The highest BCUT2D eigenvalue weighted by Gasteiger charge is 2.31. The van der Waals surface area contributed by atoms with E-state index in [9.17, 15) is 26.4 Å². The van der Waals surface area contributed by atoms with Gasteiger partial charge in [0.2, 0.25) is 10.0 Å². The number of fused-ring (bicyclic) bond motifs is 1. The summed E-state index contributed by atoms with van der Waals surface area (Å²) in [6, 6.07) is 12.0. The molecule has 0 unspecified atom stereocenters. The van der Waals surface area contributed by atoms with Crippen molar-refractivity contribution in [3.8, 4) is 0 Å². The number of benzene rings is 2. The zero-order valence-corrected chi connectivity index (χ0v) is 19.7. The topological polar surface area (TPSA) is 76.4 Å². The van der Waals surface area contributed by atoms with Crippen molar-refractivity contribution in [3.05, 3.63) is 77.0 Å². The molecule has 0 radical (unpaired) electrons. The van der Waals surface area contributed by atoms with Gasteiger partial charge < -0.3 is 5.11 Å². The van der Waals surface area contributed by atoms with Gasteiger partial charge in [0.25, 0.3) is 0 Å². The van der Waals surface area contributed by atoms with E-state index in [1.165, 1.54) is 12.1 Å². The minimum atomic E-state index is -4.56. The molecule has 9 heteroatoms. The SMILES string of the molecule is CC(C)c1cccc(C=CCS(=O)(=O)n2c(CCCC(=O)O)cc3cc(C(F)(F)F)ccc32)c1. The monoisotopic (exact) mass is 493 g/mol. The highest BCUT2D eigenvalue weighted by molar-refractivity contribution is 7.90. The molecule has 3 aromatic rings. The first-order valence-electron chi connectivity index (χ1n) is 10.8. The fourth-order valence-corrected chi connectivity index (χ4v) is 5.21. The molecule has 34 heavy (non-hydrogen) atoms. The van der Waals surface area contributed by atoms with E-state index >= 15 is 0 Å². The average Bonchev–Trinajstić information content (AvgIpc) is 3.11. The third-order valence-corrected chi connectivity index (χ3v) is 7.05.